The molecule has 0 saturated heterocycles. The highest BCUT2D eigenvalue weighted by Gasteiger charge is 2.37. The van der Waals surface area contributed by atoms with Crippen LogP contribution in [0, 0.1) is 0 Å². The van der Waals surface area contributed by atoms with Crippen molar-refractivity contribution in [3.8, 4) is 22.5 Å². The smallest absolute Gasteiger partial charge is 0.478 e. The SMILES string of the molecule is CCN(CC)c1ccc2c(-c3ccccc3C(=O)O)c3ccc(=[N+](C)CCC[Si](OC)(OC)OC)cc-3oc2c1. The fourth-order valence-corrected chi connectivity index (χ4v) is 6.99. The fourth-order valence-electron chi connectivity index (χ4n) is 5.29. The van der Waals surface area contributed by atoms with Crippen molar-refractivity contribution in [2.75, 3.05) is 52.9 Å². The van der Waals surface area contributed by atoms with Gasteiger partial charge in [-0.05, 0) is 43.7 Å². The van der Waals surface area contributed by atoms with Gasteiger partial charge in [-0.2, -0.15) is 0 Å². The van der Waals surface area contributed by atoms with Crippen molar-refractivity contribution in [2.45, 2.75) is 26.3 Å². The molecular formula is C31H39N2O6Si+. The summed E-state index contributed by atoms with van der Waals surface area (Å²) in [6, 6.07) is 20.1. The Kier molecular flexibility index (Phi) is 9.42. The second kappa shape index (κ2) is 12.8. The van der Waals surface area contributed by atoms with Gasteiger partial charge in [0.1, 0.15) is 24.9 Å². The number of fused-ring (bicyclic) bond motifs is 2. The molecule has 40 heavy (non-hydrogen) atoms. The van der Waals surface area contributed by atoms with E-state index in [1.54, 1.807) is 33.5 Å². The van der Waals surface area contributed by atoms with E-state index in [2.05, 4.69) is 41.5 Å². The summed E-state index contributed by atoms with van der Waals surface area (Å²) in [5.41, 5.74) is 4.41. The molecule has 0 saturated carbocycles. The zero-order chi connectivity index (χ0) is 28.9. The Morgan fingerprint density at radius 2 is 1.65 bits per heavy atom. The van der Waals surface area contributed by atoms with E-state index >= 15 is 0 Å². The summed E-state index contributed by atoms with van der Waals surface area (Å²) in [5.74, 6) is -0.269. The molecule has 0 atom stereocenters. The third-order valence-corrected chi connectivity index (χ3v) is 10.4. The second-order valence-corrected chi connectivity index (χ2v) is 12.8. The number of rotatable bonds is 12. The Morgan fingerprint density at radius 3 is 2.30 bits per heavy atom. The maximum atomic E-state index is 12.2. The Hall–Kier alpha value is -3.50. The van der Waals surface area contributed by atoms with E-state index in [9.17, 15) is 9.90 Å². The van der Waals surface area contributed by atoms with Crippen molar-refractivity contribution < 1.29 is 27.6 Å². The molecule has 212 valence electrons. The summed E-state index contributed by atoms with van der Waals surface area (Å²) in [4.78, 5) is 14.5. The zero-order valence-electron chi connectivity index (χ0n) is 24.2. The largest absolute Gasteiger partial charge is 0.500 e. The molecule has 0 fully saturated rings. The second-order valence-electron chi connectivity index (χ2n) is 9.68. The number of benzene rings is 3. The van der Waals surface area contributed by atoms with Gasteiger partial charge in [0.05, 0.1) is 11.6 Å². The molecule has 0 radical (unpaired) electrons. The Bertz CT molecular complexity index is 1520. The number of hydrogen-bond acceptors (Lipinski definition) is 6. The summed E-state index contributed by atoms with van der Waals surface area (Å²) in [6.45, 7) is 6.77. The molecule has 0 bridgehead atoms. The summed E-state index contributed by atoms with van der Waals surface area (Å²) in [5, 5.41) is 11.9. The number of aromatic carboxylic acids is 1. The van der Waals surface area contributed by atoms with Crippen LogP contribution in [0.4, 0.5) is 5.69 Å². The average molecular weight is 564 g/mol. The third kappa shape index (κ3) is 5.83. The van der Waals surface area contributed by atoms with Gasteiger partial charge in [0.15, 0.2) is 0 Å². The molecule has 1 heterocycles. The van der Waals surface area contributed by atoms with Gasteiger partial charge in [0.2, 0.25) is 5.36 Å². The first kappa shape index (κ1) is 29.5. The van der Waals surface area contributed by atoms with E-state index in [1.807, 2.05) is 37.4 Å². The first-order valence-electron chi connectivity index (χ1n) is 13.6. The molecule has 0 amide bonds. The van der Waals surface area contributed by atoms with Crippen LogP contribution < -0.4 is 14.8 Å². The zero-order valence-corrected chi connectivity index (χ0v) is 25.2. The first-order chi connectivity index (χ1) is 19.3. The summed E-state index contributed by atoms with van der Waals surface area (Å²) in [7, 11) is 4.29. The van der Waals surface area contributed by atoms with Crippen molar-refractivity contribution in [2.24, 2.45) is 0 Å². The molecule has 1 aliphatic carbocycles. The lowest BCUT2D eigenvalue weighted by atomic mass is 9.90. The maximum Gasteiger partial charge on any atom is 0.500 e. The van der Waals surface area contributed by atoms with Crippen LogP contribution >= 0.6 is 0 Å². The minimum absolute atomic E-state index is 0.257. The van der Waals surface area contributed by atoms with Crippen molar-refractivity contribution >= 4 is 31.4 Å². The van der Waals surface area contributed by atoms with Crippen LogP contribution in [0.1, 0.15) is 30.6 Å². The molecule has 1 N–H and O–H groups in total. The van der Waals surface area contributed by atoms with Gasteiger partial charge in [0.25, 0.3) is 0 Å². The number of nitrogens with zero attached hydrogens (tertiary/aromatic N) is 2. The van der Waals surface area contributed by atoms with Crippen LogP contribution in [0.3, 0.4) is 0 Å². The molecule has 2 aromatic rings. The molecule has 0 unspecified atom stereocenters. The van der Waals surface area contributed by atoms with Gasteiger partial charge in [-0.15, -0.1) is 0 Å². The van der Waals surface area contributed by atoms with E-state index in [1.165, 1.54) is 0 Å². The van der Waals surface area contributed by atoms with E-state index in [0.717, 1.165) is 53.6 Å². The number of hydrogen-bond donors (Lipinski definition) is 1. The molecule has 2 aromatic carbocycles. The van der Waals surface area contributed by atoms with Crippen LogP contribution in [0.25, 0.3) is 33.4 Å². The predicted molar refractivity (Wildman–Crippen MR) is 161 cm³/mol. The lowest BCUT2D eigenvalue weighted by Gasteiger charge is -2.23. The van der Waals surface area contributed by atoms with Crippen molar-refractivity contribution in [1.82, 2.24) is 4.58 Å². The quantitative estimate of drug-likeness (QED) is 0.140. The van der Waals surface area contributed by atoms with Gasteiger partial charge in [0, 0.05) is 81.2 Å². The number of carboxylic acids is 1. The summed E-state index contributed by atoms with van der Waals surface area (Å²) >= 11 is 0. The van der Waals surface area contributed by atoms with E-state index < -0.39 is 14.8 Å². The van der Waals surface area contributed by atoms with Crippen LogP contribution in [-0.2, 0) is 13.3 Å². The van der Waals surface area contributed by atoms with Crippen LogP contribution in [0.15, 0.2) is 65.1 Å². The molecule has 0 spiro atoms. The maximum absolute atomic E-state index is 12.2. The van der Waals surface area contributed by atoms with E-state index in [0.29, 0.717) is 23.0 Å². The molecule has 1 aliphatic heterocycles. The van der Waals surface area contributed by atoms with Gasteiger partial charge >= 0.3 is 14.8 Å². The highest BCUT2D eigenvalue weighted by atomic mass is 28.4. The lowest BCUT2D eigenvalue weighted by Crippen LogP contribution is -2.43. The Morgan fingerprint density at radius 1 is 0.950 bits per heavy atom. The molecule has 2 aliphatic rings. The highest BCUT2D eigenvalue weighted by Crippen LogP contribution is 2.42. The predicted octanol–water partition coefficient (Wildman–Crippen LogP) is 5.42. The Labute approximate surface area is 236 Å². The lowest BCUT2D eigenvalue weighted by molar-refractivity contribution is 0.0697. The van der Waals surface area contributed by atoms with Crippen LogP contribution in [-0.4, -0.2) is 67.9 Å². The van der Waals surface area contributed by atoms with Gasteiger partial charge < -0.3 is 27.7 Å². The number of anilines is 1. The van der Waals surface area contributed by atoms with E-state index in [4.69, 9.17) is 17.7 Å². The minimum atomic E-state index is -2.64. The van der Waals surface area contributed by atoms with Crippen molar-refractivity contribution in [3.05, 3.63) is 71.6 Å². The number of carbonyl (C=O) groups is 1. The van der Waals surface area contributed by atoms with Crippen LogP contribution in [0.2, 0.25) is 6.04 Å². The van der Waals surface area contributed by atoms with Gasteiger partial charge in [-0.3, -0.25) is 0 Å². The first-order valence-corrected chi connectivity index (χ1v) is 15.5. The highest BCUT2D eigenvalue weighted by molar-refractivity contribution is 6.60. The summed E-state index contributed by atoms with van der Waals surface area (Å²) in [6.07, 6.45) is 0.829. The molecule has 9 heteroatoms. The Balaban J connectivity index is 1.89. The minimum Gasteiger partial charge on any atom is -0.478 e. The number of carboxylic acid groups (broad SMARTS) is 1. The van der Waals surface area contributed by atoms with Gasteiger partial charge in [-0.1, -0.05) is 18.2 Å². The summed E-state index contributed by atoms with van der Waals surface area (Å²) < 4.78 is 25.4. The average Bonchev–Trinajstić information content (AvgIpc) is 2.98. The van der Waals surface area contributed by atoms with E-state index in [-0.39, 0.29) is 5.56 Å². The molecule has 8 nitrogen and oxygen atoms in total. The molecular weight excluding hydrogens is 524 g/mol. The topological polar surface area (TPSA) is 84.4 Å². The van der Waals surface area contributed by atoms with Gasteiger partial charge in [-0.25, -0.2) is 9.37 Å². The standard InChI is InChI=1S/C31H38N2O6Si/c1-7-33(8-2)23-15-17-27-29(21-23)39-28-20-22(32(3)18-11-19-40(36-4,37-5)38-6)14-16-26(28)30(27)24-12-9-10-13-25(24)31(34)35/h9-10,12-17,20-21H,7-8,11,18-19H2,1-6H3/p+1. The van der Waals surface area contributed by atoms with Crippen LogP contribution in [0.5, 0.6) is 0 Å². The molecule has 4 rings (SSSR count). The van der Waals surface area contributed by atoms with Crippen molar-refractivity contribution in [1.29, 1.82) is 0 Å². The molecule has 0 aromatic heterocycles. The van der Waals surface area contributed by atoms with Crippen molar-refractivity contribution in [3.63, 3.8) is 0 Å². The third-order valence-electron chi connectivity index (χ3n) is 7.59. The normalized spacial score (nSPS) is 12.7. The fraction of sp³-hybridized carbons (Fsp3) is 0.355. The monoisotopic (exact) mass is 563 g/mol.